The van der Waals surface area contributed by atoms with Crippen molar-refractivity contribution in [2.24, 2.45) is 5.92 Å². The van der Waals surface area contributed by atoms with Gasteiger partial charge in [0.15, 0.2) is 6.61 Å². The second-order valence-corrected chi connectivity index (χ2v) is 6.86. The summed E-state index contributed by atoms with van der Waals surface area (Å²) in [7, 11) is 0. The number of ether oxygens (including phenoxy) is 1. The molecule has 0 fully saturated rings. The van der Waals surface area contributed by atoms with Crippen LogP contribution in [0.15, 0.2) is 48.5 Å². The second-order valence-electron chi connectivity index (χ2n) is 6.86. The summed E-state index contributed by atoms with van der Waals surface area (Å²) in [5, 5.41) is 5.89. The van der Waals surface area contributed by atoms with Gasteiger partial charge in [-0.3, -0.25) is 9.59 Å². The molecule has 0 aromatic heterocycles. The molecule has 1 aliphatic rings. The van der Waals surface area contributed by atoms with Gasteiger partial charge in [0.05, 0.1) is 6.04 Å². The normalized spacial score (nSPS) is 14.3. The highest BCUT2D eigenvalue weighted by molar-refractivity contribution is 5.94. The minimum Gasteiger partial charge on any atom is -0.484 e. The van der Waals surface area contributed by atoms with Crippen molar-refractivity contribution in [1.29, 1.82) is 0 Å². The van der Waals surface area contributed by atoms with Gasteiger partial charge in [0, 0.05) is 12.1 Å². The highest BCUT2D eigenvalue weighted by atomic mass is 16.5. The number of hydrogen-bond donors (Lipinski definition) is 2. The predicted molar refractivity (Wildman–Crippen MR) is 101 cm³/mol. The van der Waals surface area contributed by atoms with E-state index in [0.717, 1.165) is 16.8 Å². The van der Waals surface area contributed by atoms with Crippen molar-refractivity contribution in [2.75, 3.05) is 11.9 Å². The van der Waals surface area contributed by atoms with Gasteiger partial charge in [-0.05, 0) is 41.7 Å². The van der Waals surface area contributed by atoms with Crippen molar-refractivity contribution in [3.8, 4) is 5.75 Å². The molecule has 0 spiro atoms. The standard InChI is InChI=1S/C21H24N2O3/c1-14(2)21(15-6-4-3-5-7-15)23-20(25)13-26-17-9-10-18-16(12-17)8-11-19(24)22-18/h3-7,9-10,12,14,21H,8,11,13H2,1-2H3,(H,22,24)(H,23,25). The number of anilines is 1. The fourth-order valence-electron chi connectivity index (χ4n) is 3.11. The van der Waals surface area contributed by atoms with Gasteiger partial charge in [-0.25, -0.2) is 0 Å². The topological polar surface area (TPSA) is 67.4 Å². The van der Waals surface area contributed by atoms with Crippen LogP contribution in [0.4, 0.5) is 5.69 Å². The summed E-state index contributed by atoms with van der Waals surface area (Å²) >= 11 is 0. The Labute approximate surface area is 153 Å². The maximum Gasteiger partial charge on any atom is 0.258 e. The lowest BCUT2D eigenvalue weighted by molar-refractivity contribution is -0.124. The Hall–Kier alpha value is -2.82. The van der Waals surface area contributed by atoms with Crippen LogP contribution in [-0.2, 0) is 16.0 Å². The molecule has 2 amide bonds. The average Bonchev–Trinajstić information content (AvgIpc) is 2.64. The van der Waals surface area contributed by atoms with E-state index in [1.807, 2.05) is 42.5 Å². The molecule has 0 bridgehead atoms. The summed E-state index contributed by atoms with van der Waals surface area (Å²) in [6, 6.07) is 15.4. The molecule has 5 nitrogen and oxygen atoms in total. The zero-order valence-corrected chi connectivity index (χ0v) is 15.1. The summed E-state index contributed by atoms with van der Waals surface area (Å²) in [6.45, 7) is 4.12. The van der Waals surface area contributed by atoms with Gasteiger partial charge >= 0.3 is 0 Å². The first kappa shape index (κ1) is 18.0. The van der Waals surface area contributed by atoms with Crippen LogP contribution in [0.5, 0.6) is 5.75 Å². The third kappa shape index (κ3) is 4.42. The summed E-state index contributed by atoms with van der Waals surface area (Å²) in [4.78, 5) is 23.7. The third-order valence-corrected chi connectivity index (χ3v) is 4.48. The molecule has 0 saturated carbocycles. The molecule has 2 aromatic rings. The minimum atomic E-state index is -0.154. The van der Waals surface area contributed by atoms with Gasteiger partial charge in [-0.15, -0.1) is 0 Å². The van der Waals surface area contributed by atoms with E-state index < -0.39 is 0 Å². The van der Waals surface area contributed by atoms with Crippen LogP contribution in [-0.4, -0.2) is 18.4 Å². The monoisotopic (exact) mass is 352 g/mol. The molecule has 5 heteroatoms. The van der Waals surface area contributed by atoms with Gasteiger partial charge in [0.25, 0.3) is 5.91 Å². The summed E-state index contributed by atoms with van der Waals surface area (Å²) in [5.41, 5.74) is 2.94. The van der Waals surface area contributed by atoms with Gasteiger partial charge in [-0.1, -0.05) is 44.2 Å². The molecule has 0 radical (unpaired) electrons. The zero-order chi connectivity index (χ0) is 18.5. The van der Waals surface area contributed by atoms with Crippen molar-refractivity contribution < 1.29 is 14.3 Å². The number of nitrogens with one attached hydrogen (secondary N) is 2. The summed E-state index contributed by atoms with van der Waals surface area (Å²) in [5.74, 6) is 0.786. The van der Waals surface area contributed by atoms with Crippen molar-refractivity contribution in [3.05, 3.63) is 59.7 Å². The molecule has 0 saturated heterocycles. The number of benzene rings is 2. The van der Waals surface area contributed by atoms with Crippen molar-refractivity contribution in [2.45, 2.75) is 32.7 Å². The number of amides is 2. The Bertz CT molecular complexity index is 787. The average molecular weight is 352 g/mol. The van der Waals surface area contributed by atoms with Gasteiger partial charge in [0.2, 0.25) is 5.91 Å². The molecule has 136 valence electrons. The first-order chi connectivity index (χ1) is 12.5. The Morgan fingerprint density at radius 2 is 1.92 bits per heavy atom. The SMILES string of the molecule is CC(C)C(NC(=O)COc1ccc2c(c1)CCC(=O)N2)c1ccccc1. The summed E-state index contributed by atoms with van der Waals surface area (Å²) < 4.78 is 5.65. The fraction of sp³-hybridized carbons (Fsp3) is 0.333. The maximum absolute atomic E-state index is 12.3. The smallest absolute Gasteiger partial charge is 0.258 e. The van der Waals surface area contributed by atoms with Crippen molar-refractivity contribution in [3.63, 3.8) is 0 Å². The van der Waals surface area contributed by atoms with Crippen LogP contribution in [0, 0.1) is 5.92 Å². The van der Waals surface area contributed by atoms with E-state index in [9.17, 15) is 9.59 Å². The number of carbonyl (C=O) groups excluding carboxylic acids is 2. The quantitative estimate of drug-likeness (QED) is 0.836. The summed E-state index contributed by atoms with van der Waals surface area (Å²) in [6.07, 6.45) is 1.16. The second kappa shape index (κ2) is 8.04. The number of aryl methyl sites for hydroxylation is 1. The van der Waals surface area contributed by atoms with Crippen LogP contribution < -0.4 is 15.4 Å². The first-order valence-corrected chi connectivity index (χ1v) is 8.93. The fourth-order valence-corrected chi connectivity index (χ4v) is 3.11. The highest BCUT2D eigenvalue weighted by Crippen LogP contribution is 2.27. The molecule has 0 aliphatic carbocycles. The van der Waals surface area contributed by atoms with Gasteiger partial charge < -0.3 is 15.4 Å². The minimum absolute atomic E-state index is 0.0335. The molecule has 1 heterocycles. The van der Waals surface area contributed by atoms with E-state index in [2.05, 4.69) is 24.5 Å². The molecule has 26 heavy (non-hydrogen) atoms. The lowest BCUT2D eigenvalue weighted by atomic mass is 9.96. The number of carbonyl (C=O) groups is 2. The van der Waals surface area contributed by atoms with Crippen molar-refractivity contribution in [1.82, 2.24) is 5.32 Å². The lowest BCUT2D eigenvalue weighted by Gasteiger charge is -2.23. The van der Waals surface area contributed by atoms with E-state index in [4.69, 9.17) is 4.74 Å². The molecular weight excluding hydrogens is 328 g/mol. The van der Waals surface area contributed by atoms with Gasteiger partial charge in [0.1, 0.15) is 5.75 Å². The van der Waals surface area contributed by atoms with Gasteiger partial charge in [-0.2, -0.15) is 0 Å². The Kier molecular flexibility index (Phi) is 5.56. The van der Waals surface area contributed by atoms with E-state index in [1.165, 1.54) is 0 Å². The van der Waals surface area contributed by atoms with Crippen LogP contribution in [0.2, 0.25) is 0 Å². The van der Waals surface area contributed by atoms with E-state index in [-0.39, 0.29) is 30.4 Å². The highest BCUT2D eigenvalue weighted by Gasteiger charge is 2.19. The Balaban J connectivity index is 1.59. The van der Waals surface area contributed by atoms with E-state index >= 15 is 0 Å². The Morgan fingerprint density at radius 3 is 2.65 bits per heavy atom. The number of hydrogen-bond acceptors (Lipinski definition) is 3. The Morgan fingerprint density at radius 1 is 1.15 bits per heavy atom. The maximum atomic E-state index is 12.3. The van der Waals surface area contributed by atoms with E-state index in [0.29, 0.717) is 18.6 Å². The number of rotatable bonds is 6. The van der Waals surface area contributed by atoms with Crippen LogP contribution in [0.25, 0.3) is 0 Å². The molecule has 3 rings (SSSR count). The molecule has 1 atom stereocenters. The predicted octanol–water partition coefficient (Wildman–Crippen LogP) is 3.46. The molecule has 2 aromatic carbocycles. The molecular formula is C21H24N2O3. The van der Waals surface area contributed by atoms with Crippen LogP contribution in [0.3, 0.4) is 0 Å². The van der Waals surface area contributed by atoms with Crippen LogP contribution >= 0.6 is 0 Å². The lowest BCUT2D eigenvalue weighted by Crippen LogP contribution is -2.35. The number of fused-ring (bicyclic) bond motifs is 1. The molecule has 2 N–H and O–H groups in total. The first-order valence-electron chi connectivity index (χ1n) is 8.93. The van der Waals surface area contributed by atoms with E-state index in [1.54, 1.807) is 6.07 Å². The van der Waals surface area contributed by atoms with Crippen LogP contribution in [0.1, 0.15) is 37.4 Å². The van der Waals surface area contributed by atoms with Crippen molar-refractivity contribution >= 4 is 17.5 Å². The third-order valence-electron chi connectivity index (χ3n) is 4.48. The largest absolute Gasteiger partial charge is 0.484 e. The molecule has 1 aliphatic heterocycles. The molecule has 1 unspecified atom stereocenters. The zero-order valence-electron chi connectivity index (χ0n) is 15.1.